The first-order valence-electron chi connectivity index (χ1n) is 6.36. The van der Waals surface area contributed by atoms with Crippen molar-refractivity contribution in [3.05, 3.63) is 24.0 Å². The standard InChI is InChI=1S/C13H23N3/c1-16(9-5-12-4-8-14-11-12)10-6-13-3-2-7-15-13/h2-3,7,12,14-15H,4-6,8-11H2,1H3. The van der Waals surface area contributed by atoms with E-state index in [9.17, 15) is 0 Å². The quantitative estimate of drug-likeness (QED) is 0.762. The van der Waals surface area contributed by atoms with Gasteiger partial charge in [0.1, 0.15) is 0 Å². The molecule has 2 N–H and O–H groups in total. The first kappa shape index (κ1) is 11.7. The summed E-state index contributed by atoms with van der Waals surface area (Å²) < 4.78 is 0. The predicted octanol–water partition coefficient (Wildman–Crippen LogP) is 1.49. The molecule has 16 heavy (non-hydrogen) atoms. The highest BCUT2D eigenvalue weighted by molar-refractivity contribution is 5.03. The Morgan fingerprint density at radius 1 is 1.44 bits per heavy atom. The van der Waals surface area contributed by atoms with Gasteiger partial charge in [-0.05, 0) is 57.6 Å². The molecule has 1 fully saturated rings. The molecule has 2 heterocycles. The van der Waals surface area contributed by atoms with E-state index in [4.69, 9.17) is 0 Å². The monoisotopic (exact) mass is 221 g/mol. The van der Waals surface area contributed by atoms with Crippen LogP contribution in [0.15, 0.2) is 18.3 Å². The molecule has 1 aliphatic rings. The summed E-state index contributed by atoms with van der Waals surface area (Å²) in [6.07, 6.45) is 5.84. The van der Waals surface area contributed by atoms with E-state index in [1.807, 2.05) is 6.20 Å². The molecule has 3 nitrogen and oxygen atoms in total. The SMILES string of the molecule is CN(CCc1ccc[nH]1)CCC1CCNC1. The zero-order valence-corrected chi connectivity index (χ0v) is 10.2. The number of likely N-dealkylation sites (N-methyl/N-ethyl adjacent to an activating group) is 1. The molecular weight excluding hydrogens is 198 g/mol. The summed E-state index contributed by atoms with van der Waals surface area (Å²) in [6, 6.07) is 4.23. The molecule has 3 heteroatoms. The molecule has 0 bridgehead atoms. The third kappa shape index (κ3) is 3.65. The van der Waals surface area contributed by atoms with Gasteiger partial charge in [0.15, 0.2) is 0 Å². The van der Waals surface area contributed by atoms with Crippen LogP contribution >= 0.6 is 0 Å². The summed E-state index contributed by atoms with van der Waals surface area (Å²) in [5.41, 5.74) is 1.34. The number of rotatable bonds is 6. The highest BCUT2D eigenvalue weighted by Gasteiger charge is 2.14. The summed E-state index contributed by atoms with van der Waals surface area (Å²) >= 11 is 0. The smallest absolute Gasteiger partial charge is 0.0159 e. The molecule has 0 saturated carbocycles. The van der Waals surface area contributed by atoms with Gasteiger partial charge in [0.05, 0.1) is 0 Å². The van der Waals surface area contributed by atoms with Crippen LogP contribution in [0.2, 0.25) is 0 Å². The van der Waals surface area contributed by atoms with Crippen LogP contribution in [0.3, 0.4) is 0 Å². The zero-order valence-electron chi connectivity index (χ0n) is 10.2. The van der Waals surface area contributed by atoms with Crippen molar-refractivity contribution in [2.45, 2.75) is 19.3 Å². The summed E-state index contributed by atoms with van der Waals surface area (Å²) in [6.45, 7) is 4.83. The Morgan fingerprint density at radius 3 is 3.06 bits per heavy atom. The van der Waals surface area contributed by atoms with E-state index >= 15 is 0 Å². The van der Waals surface area contributed by atoms with Crippen LogP contribution in [0.5, 0.6) is 0 Å². The number of aromatic nitrogens is 1. The van der Waals surface area contributed by atoms with E-state index in [-0.39, 0.29) is 0 Å². The van der Waals surface area contributed by atoms with E-state index in [0.717, 1.165) is 18.9 Å². The van der Waals surface area contributed by atoms with E-state index in [1.165, 1.54) is 38.2 Å². The molecular formula is C13H23N3. The Kier molecular flexibility index (Phi) is 4.43. The summed E-state index contributed by atoms with van der Waals surface area (Å²) in [7, 11) is 2.23. The third-order valence-electron chi connectivity index (χ3n) is 3.51. The van der Waals surface area contributed by atoms with E-state index < -0.39 is 0 Å². The molecule has 1 saturated heterocycles. The van der Waals surface area contributed by atoms with Gasteiger partial charge < -0.3 is 15.2 Å². The number of nitrogens with zero attached hydrogens (tertiary/aromatic N) is 1. The average molecular weight is 221 g/mol. The first-order chi connectivity index (χ1) is 7.84. The Balaban J connectivity index is 1.58. The number of hydrogen-bond donors (Lipinski definition) is 2. The lowest BCUT2D eigenvalue weighted by molar-refractivity contribution is 0.307. The lowest BCUT2D eigenvalue weighted by Gasteiger charge is -2.18. The van der Waals surface area contributed by atoms with E-state index in [2.05, 4.69) is 34.4 Å². The highest BCUT2D eigenvalue weighted by Crippen LogP contribution is 2.12. The number of H-pyrrole nitrogens is 1. The van der Waals surface area contributed by atoms with Gasteiger partial charge in [-0.15, -0.1) is 0 Å². The fourth-order valence-electron chi connectivity index (χ4n) is 2.31. The molecule has 0 aromatic carbocycles. The number of aromatic amines is 1. The normalized spacial score (nSPS) is 20.8. The topological polar surface area (TPSA) is 31.1 Å². The van der Waals surface area contributed by atoms with E-state index in [1.54, 1.807) is 0 Å². The van der Waals surface area contributed by atoms with Gasteiger partial charge >= 0.3 is 0 Å². The Bertz CT molecular complexity index is 275. The number of hydrogen-bond acceptors (Lipinski definition) is 2. The van der Waals surface area contributed by atoms with Crippen molar-refractivity contribution >= 4 is 0 Å². The Labute approximate surface area is 98.2 Å². The Hall–Kier alpha value is -0.800. The van der Waals surface area contributed by atoms with Crippen molar-refractivity contribution in [2.24, 2.45) is 5.92 Å². The lowest BCUT2D eigenvalue weighted by Crippen LogP contribution is -2.24. The van der Waals surface area contributed by atoms with Crippen LogP contribution in [-0.4, -0.2) is 43.1 Å². The summed E-state index contributed by atoms with van der Waals surface area (Å²) in [5, 5.41) is 3.43. The van der Waals surface area contributed by atoms with Crippen molar-refractivity contribution < 1.29 is 0 Å². The Morgan fingerprint density at radius 2 is 2.38 bits per heavy atom. The molecule has 0 amide bonds. The molecule has 0 aliphatic carbocycles. The van der Waals surface area contributed by atoms with Crippen LogP contribution in [-0.2, 0) is 6.42 Å². The first-order valence-corrected chi connectivity index (χ1v) is 6.36. The maximum Gasteiger partial charge on any atom is 0.0159 e. The minimum absolute atomic E-state index is 0.910. The van der Waals surface area contributed by atoms with Crippen molar-refractivity contribution in [1.82, 2.24) is 15.2 Å². The van der Waals surface area contributed by atoms with Crippen LogP contribution < -0.4 is 5.32 Å². The second-order valence-corrected chi connectivity index (χ2v) is 4.90. The molecule has 0 radical (unpaired) electrons. The molecule has 1 unspecified atom stereocenters. The fourth-order valence-corrected chi connectivity index (χ4v) is 2.31. The predicted molar refractivity (Wildman–Crippen MR) is 67.6 cm³/mol. The van der Waals surface area contributed by atoms with Gasteiger partial charge in [-0.25, -0.2) is 0 Å². The van der Waals surface area contributed by atoms with Crippen LogP contribution in [0.4, 0.5) is 0 Å². The van der Waals surface area contributed by atoms with Crippen LogP contribution in [0.1, 0.15) is 18.5 Å². The van der Waals surface area contributed by atoms with Gasteiger partial charge in [-0.1, -0.05) is 0 Å². The van der Waals surface area contributed by atoms with E-state index in [0.29, 0.717) is 0 Å². The van der Waals surface area contributed by atoms with Crippen molar-refractivity contribution in [3.8, 4) is 0 Å². The maximum absolute atomic E-state index is 3.43. The summed E-state index contributed by atoms with van der Waals surface area (Å²) in [5.74, 6) is 0.910. The third-order valence-corrected chi connectivity index (χ3v) is 3.51. The minimum Gasteiger partial charge on any atom is -0.365 e. The summed E-state index contributed by atoms with van der Waals surface area (Å²) in [4.78, 5) is 5.70. The maximum atomic E-state index is 3.43. The van der Waals surface area contributed by atoms with Gasteiger partial charge in [0, 0.05) is 24.9 Å². The average Bonchev–Trinajstić information content (AvgIpc) is 2.96. The zero-order chi connectivity index (χ0) is 11.2. The second-order valence-electron chi connectivity index (χ2n) is 4.90. The molecule has 1 aliphatic heterocycles. The highest BCUT2D eigenvalue weighted by atomic mass is 15.1. The van der Waals surface area contributed by atoms with Crippen molar-refractivity contribution in [2.75, 3.05) is 33.2 Å². The van der Waals surface area contributed by atoms with Gasteiger partial charge in [-0.3, -0.25) is 0 Å². The van der Waals surface area contributed by atoms with Gasteiger partial charge in [-0.2, -0.15) is 0 Å². The van der Waals surface area contributed by atoms with Crippen molar-refractivity contribution in [1.29, 1.82) is 0 Å². The van der Waals surface area contributed by atoms with Gasteiger partial charge in [0.25, 0.3) is 0 Å². The molecule has 0 spiro atoms. The molecule has 1 atom stereocenters. The lowest BCUT2D eigenvalue weighted by atomic mass is 10.1. The fraction of sp³-hybridized carbons (Fsp3) is 0.692. The second kappa shape index (κ2) is 6.06. The van der Waals surface area contributed by atoms with Crippen LogP contribution in [0.25, 0.3) is 0 Å². The molecule has 90 valence electrons. The van der Waals surface area contributed by atoms with Gasteiger partial charge in [0.2, 0.25) is 0 Å². The largest absolute Gasteiger partial charge is 0.365 e. The molecule has 2 rings (SSSR count). The molecule has 1 aromatic heterocycles. The van der Waals surface area contributed by atoms with Crippen molar-refractivity contribution in [3.63, 3.8) is 0 Å². The number of nitrogens with one attached hydrogen (secondary N) is 2. The molecule has 1 aromatic rings. The van der Waals surface area contributed by atoms with Crippen LogP contribution in [0, 0.1) is 5.92 Å². The minimum atomic E-state index is 0.910.